The molecule has 0 saturated carbocycles. The maximum atomic E-state index is 12.8. The number of methoxy groups -OCH3 is 1. The molecule has 0 amide bonds. The van der Waals surface area contributed by atoms with Gasteiger partial charge in [0.15, 0.2) is 0 Å². The minimum absolute atomic E-state index is 0.252. The van der Waals surface area contributed by atoms with Gasteiger partial charge >= 0.3 is 0 Å². The first-order valence-electron chi connectivity index (χ1n) is 7.79. The zero-order valence-corrected chi connectivity index (χ0v) is 15.2. The molecule has 0 fully saturated rings. The lowest BCUT2D eigenvalue weighted by Gasteiger charge is -2.15. The summed E-state index contributed by atoms with van der Waals surface area (Å²) in [7, 11) is -0.0353. The molecule has 1 heterocycles. The molecular formula is C18H22N2O3S. The lowest BCUT2D eigenvalue weighted by atomic mass is 10.1. The van der Waals surface area contributed by atoms with Gasteiger partial charge in [-0.3, -0.25) is 9.62 Å². The summed E-state index contributed by atoms with van der Waals surface area (Å²) in [5.74, 6) is 0.719. The third-order valence-corrected chi connectivity index (χ3v) is 5.68. The van der Waals surface area contributed by atoms with Crippen LogP contribution >= 0.6 is 0 Å². The Balaban J connectivity index is 1.98. The SMILES string of the molecule is COc1c(C)cc(S(=O)(=O)Nc2cccc3c2CN(C)C3)cc1C. The Bertz CT molecular complexity index is 868. The molecule has 3 rings (SSSR count). The monoisotopic (exact) mass is 346 g/mol. The van der Waals surface area contributed by atoms with Crippen LogP contribution in [0.1, 0.15) is 22.3 Å². The van der Waals surface area contributed by atoms with Crippen molar-refractivity contribution in [2.45, 2.75) is 31.8 Å². The number of anilines is 1. The molecule has 0 bridgehead atoms. The van der Waals surface area contributed by atoms with E-state index in [-0.39, 0.29) is 4.90 Å². The number of aryl methyl sites for hydroxylation is 2. The van der Waals surface area contributed by atoms with Crippen molar-refractivity contribution in [2.24, 2.45) is 0 Å². The Labute approximate surface area is 143 Å². The van der Waals surface area contributed by atoms with Crippen molar-refractivity contribution in [3.05, 3.63) is 52.6 Å². The zero-order chi connectivity index (χ0) is 17.5. The van der Waals surface area contributed by atoms with Gasteiger partial charge in [0, 0.05) is 13.1 Å². The molecule has 1 aliphatic rings. The highest BCUT2D eigenvalue weighted by molar-refractivity contribution is 7.92. The summed E-state index contributed by atoms with van der Waals surface area (Å²) in [5, 5.41) is 0. The number of hydrogen-bond acceptors (Lipinski definition) is 4. The summed E-state index contributed by atoms with van der Waals surface area (Å²) in [6.45, 7) is 5.28. The van der Waals surface area contributed by atoms with Gasteiger partial charge in [-0.15, -0.1) is 0 Å². The van der Waals surface area contributed by atoms with E-state index >= 15 is 0 Å². The van der Waals surface area contributed by atoms with Gasteiger partial charge in [0.25, 0.3) is 10.0 Å². The van der Waals surface area contributed by atoms with Gasteiger partial charge in [0.1, 0.15) is 5.75 Å². The van der Waals surface area contributed by atoms with Gasteiger partial charge in [0.05, 0.1) is 17.7 Å². The summed E-state index contributed by atoms with van der Waals surface area (Å²) in [4.78, 5) is 2.41. The maximum Gasteiger partial charge on any atom is 0.261 e. The molecule has 0 radical (unpaired) electrons. The van der Waals surface area contributed by atoms with Crippen molar-refractivity contribution >= 4 is 15.7 Å². The van der Waals surface area contributed by atoms with Crippen LogP contribution in [0.3, 0.4) is 0 Å². The van der Waals surface area contributed by atoms with Crippen molar-refractivity contribution in [3.8, 4) is 5.75 Å². The molecule has 24 heavy (non-hydrogen) atoms. The fraction of sp³-hybridized carbons (Fsp3) is 0.333. The lowest BCUT2D eigenvalue weighted by molar-refractivity contribution is 0.353. The predicted molar refractivity (Wildman–Crippen MR) is 94.9 cm³/mol. The molecular weight excluding hydrogens is 324 g/mol. The van der Waals surface area contributed by atoms with E-state index in [1.54, 1.807) is 19.2 Å². The fourth-order valence-electron chi connectivity index (χ4n) is 3.27. The second-order valence-corrected chi connectivity index (χ2v) is 7.99. The van der Waals surface area contributed by atoms with Crippen LogP contribution in [0.4, 0.5) is 5.69 Å². The van der Waals surface area contributed by atoms with Crippen LogP contribution in [-0.2, 0) is 23.1 Å². The summed E-state index contributed by atoms with van der Waals surface area (Å²) in [5.41, 5.74) is 4.47. The van der Waals surface area contributed by atoms with Crippen LogP contribution in [-0.4, -0.2) is 27.5 Å². The molecule has 0 saturated heterocycles. The topological polar surface area (TPSA) is 58.6 Å². The number of ether oxygens (including phenoxy) is 1. The number of benzene rings is 2. The summed E-state index contributed by atoms with van der Waals surface area (Å²) >= 11 is 0. The van der Waals surface area contributed by atoms with Crippen LogP contribution in [0.2, 0.25) is 0 Å². The van der Waals surface area contributed by atoms with Gasteiger partial charge in [0.2, 0.25) is 0 Å². The van der Waals surface area contributed by atoms with Crippen LogP contribution in [0.15, 0.2) is 35.2 Å². The quantitative estimate of drug-likeness (QED) is 0.924. The first-order chi connectivity index (χ1) is 11.3. The summed E-state index contributed by atoms with van der Waals surface area (Å²) in [6.07, 6.45) is 0. The summed E-state index contributed by atoms with van der Waals surface area (Å²) in [6, 6.07) is 9.03. The Morgan fingerprint density at radius 2 is 1.79 bits per heavy atom. The van der Waals surface area contributed by atoms with Crippen molar-refractivity contribution < 1.29 is 13.2 Å². The summed E-state index contributed by atoms with van der Waals surface area (Å²) < 4.78 is 33.7. The molecule has 0 aliphatic carbocycles. The third kappa shape index (κ3) is 2.99. The van der Waals surface area contributed by atoms with E-state index in [1.165, 1.54) is 5.56 Å². The van der Waals surface area contributed by atoms with Crippen LogP contribution in [0.25, 0.3) is 0 Å². The van der Waals surface area contributed by atoms with Gasteiger partial charge < -0.3 is 4.74 Å². The molecule has 128 valence electrons. The van der Waals surface area contributed by atoms with E-state index in [0.29, 0.717) is 5.69 Å². The molecule has 6 heteroatoms. The molecule has 0 spiro atoms. The highest BCUT2D eigenvalue weighted by Crippen LogP contribution is 2.31. The Hall–Kier alpha value is -2.05. The highest BCUT2D eigenvalue weighted by Gasteiger charge is 2.23. The standard InChI is InChI=1S/C18H22N2O3S/c1-12-8-15(9-13(2)18(12)23-4)24(21,22)19-17-7-5-6-14-10-20(3)11-16(14)17/h5-9,19H,10-11H2,1-4H3. The molecule has 0 aromatic heterocycles. The Morgan fingerprint density at radius 1 is 1.12 bits per heavy atom. The maximum absolute atomic E-state index is 12.8. The van der Waals surface area contributed by atoms with Gasteiger partial charge in [-0.05, 0) is 61.3 Å². The average Bonchev–Trinajstić information content (AvgIpc) is 2.88. The smallest absolute Gasteiger partial charge is 0.261 e. The molecule has 0 atom stereocenters. The lowest BCUT2D eigenvalue weighted by Crippen LogP contribution is -2.15. The van der Waals surface area contributed by atoms with Gasteiger partial charge in [-0.25, -0.2) is 8.42 Å². The molecule has 0 unspecified atom stereocenters. The second-order valence-electron chi connectivity index (χ2n) is 6.31. The van der Waals surface area contributed by atoms with Gasteiger partial charge in [-0.2, -0.15) is 0 Å². The Kier molecular flexibility index (Phi) is 4.27. The zero-order valence-electron chi connectivity index (χ0n) is 14.4. The number of hydrogen-bond donors (Lipinski definition) is 1. The molecule has 2 aromatic carbocycles. The van der Waals surface area contributed by atoms with Crippen molar-refractivity contribution in [1.82, 2.24) is 4.90 Å². The minimum atomic E-state index is -3.65. The number of nitrogens with zero attached hydrogens (tertiary/aromatic N) is 1. The third-order valence-electron chi connectivity index (χ3n) is 4.33. The average molecular weight is 346 g/mol. The van der Waals surface area contributed by atoms with Crippen LogP contribution in [0, 0.1) is 13.8 Å². The van der Waals surface area contributed by atoms with Crippen LogP contribution in [0.5, 0.6) is 5.75 Å². The largest absolute Gasteiger partial charge is 0.496 e. The number of rotatable bonds is 4. The molecule has 1 N–H and O–H groups in total. The Morgan fingerprint density at radius 3 is 2.42 bits per heavy atom. The second kappa shape index (κ2) is 6.11. The van der Waals surface area contributed by atoms with Crippen molar-refractivity contribution in [3.63, 3.8) is 0 Å². The number of fused-ring (bicyclic) bond motifs is 1. The van der Waals surface area contributed by atoms with E-state index in [0.717, 1.165) is 35.5 Å². The van der Waals surface area contributed by atoms with E-state index in [2.05, 4.69) is 9.62 Å². The fourth-order valence-corrected chi connectivity index (χ4v) is 4.54. The number of sulfonamides is 1. The highest BCUT2D eigenvalue weighted by atomic mass is 32.2. The predicted octanol–water partition coefficient (Wildman–Crippen LogP) is 3.06. The van der Waals surface area contributed by atoms with Gasteiger partial charge in [-0.1, -0.05) is 12.1 Å². The normalized spacial score (nSPS) is 14.5. The first-order valence-corrected chi connectivity index (χ1v) is 9.27. The molecule has 1 aliphatic heterocycles. The van der Waals surface area contributed by atoms with E-state index < -0.39 is 10.0 Å². The molecule has 5 nitrogen and oxygen atoms in total. The van der Waals surface area contributed by atoms with E-state index in [1.807, 2.05) is 39.1 Å². The minimum Gasteiger partial charge on any atom is -0.496 e. The molecule has 2 aromatic rings. The first kappa shape index (κ1) is 16.8. The van der Waals surface area contributed by atoms with Crippen LogP contribution < -0.4 is 9.46 Å². The van der Waals surface area contributed by atoms with E-state index in [4.69, 9.17) is 4.74 Å². The number of nitrogens with one attached hydrogen (secondary N) is 1. The van der Waals surface area contributed by atoms with Crippen molar-refractivity contribution in [2.75, 3.05) is 18.9 Å². The van der Waals surface area contributed by atoms with E-state index in [9.17, 15) is 8.42 Å². The van der Waals surface area contributed by atoms with Crippen molar-refractivity contribution in [1.29, 1.82) is 0 Å².